The van der Waals surface area contributed by atoms with Crippen molar-refractivity contribution < 1.29 is 77.2 Å². The summed E-state index contributed by atoms with van der Waals surface area (Å²) in [5, 5.41) is 40.1. The zero-order valence-electron chi connectivity index (χ0n) is 37.2. The van der Waals surface area contributed by atoms with Gasteiger partial charge in [-0.05, 0) is 70.2 Å². The average molecular weight is 860 g/mol. The lowest BCUT2D eigenvalue weighted by atomic mass is 9.44. The number of benzene rings is 1. The summed E-state index contributed by atoms with van der Waals surface area (Å²) in [7, 11) is 1.07. The summed E-state index contributed by atoms with van der Waals surface area (Å²) in [6, 6.07) is 6.49. The van der Waals surface area contributed by atoms with E-state index in [4.69, 9.17) is 33.2 Å². The lowest BCUT2D eigenvalue weighted by Gasteiger charge is -2.67. The number of fused-ring (bicyclic) bond motifs is 5. The number of hydrogen-bond donors (Lipinski definition) is 4. The first-order valence-corrected chi connectivity index (χ1v) is 20.3. The third kappa shape index (κ3) is 8.14. The molecule has 0 spiro atoms. The Morgan fingerprint density at radius 3 is 2.07 bits per heavy atom. The van der Waals surface area contributed by atoms with Crippen molar-refractivity contribution >= 4 is 35.9 Å². The molecule has 1 aromatic carbocycles. The number of methoxy groups -OCH3 is 1. The van der Waals surface area contributed by atoms with Gasteiger partial charge in [0.1, 0.15) is 29.0 Å². The molecule has 3 aliphatic carbocycles. The lowest BCUT2D eigenvalue weighted by molar-refractivity contribution is -0.345. The fourth-order valence-electron chi connectivity index (χ4n) is 9.79. The fraction of sp³-hybridized carbons (Fsp3) is 0.682. The summed E-state index contributed by atoms with van der Waals surface area (Å²) in [5.41, 5.74) is -11.9. The first kappa shape index (κ1) is 47.5. The van der Waals surface area contributed by atoms with Crippen LogP contribution in [0.2, 0.25) is 0 Å². The number of rotatable bonds is 8. The van der Waals surface area contributed by atoms with Crippen LogP contribution < -0.4 is 5.32 Å². The normalized spacial score (nSPS) is 34.0. The SMILES string of the molecule is COC(=O)O[C@@]12CO[C@@H]1CC(O)[C@@]1(C)C(=O)[C@H](OC(C)=O)C3=C(C)[C@](C)(OC(=O)[C@H](O)[C@@H](NC(=O)OC(C)(C)C)C(C)(C)C)C[C@@](O)(C(OC(=O)c4ccccc4)C12)C3(C)C. The summed E-state index contributed by atoms with van der Waals surface area (Å²) in [5.74, 6) is -5.66. The molecule has 0 aromatic heterocycles. The van der Waals surface area contributed by atoms with E-state index in [-0.39, 0.29) is 29.7 Å². The van der Waals surface area contributed by atoms with E-state index in [1.165, 1.54) is 32.9 Å². The molecule has 2 saturated carbocycles. The van der Waals surface area contributed by atoms with Gasteiger partial charge in [-0.25, -0.2) is 19.2 Å². The van der Waals surface area contributed by atoms with Crippen LogP contribution in [0.1, 0.15) is 106 Å². The van der Waals surface area contributed by atoms with Gasteiger partial charge in [-0.3, -0.25) is 9.59 Å². The third-order valence-corrected chi connectivity index (χ3v) is 13.2. The average Bonchev–Trinajstić information content (AvgIpc) is 3.13. The molecule has 4 aliphatic rings. The first-order valence-electron chi connectivity index (χ1n) is 20.3. The number of ether oxygens (including phenoxy) is 7. The van der Waals surface area contributed by atoms with Crippen LogP contribution in [-0.4, -0.2) is 124 Å². The Morgan fingerprint density at radius 2 is 1.56 bits per heavy atom. The molecule has 338 valence electrons. The minimum absolute atomic E-state index is 0.0342. The van der Waals surface area contributed by atoms with Gasteiger partial charge in [-0.1, -0.05) is 52.8 Å². The molecule has 11 atom stereocenters. The summed E-state index contributed by atoms with van der Waals surface area (Å²) in [4.78, 5) is 83.3. The van der Waals surface area contributed by atoms with Gasteiger partial charge in [0.05, 0.1) is 42.8 Å². The highest BCUT2D eigenvalue weighted by atomic mass is 16.8. The number of aliphatic hydroxyl groups is 3. The molecule has 3 unspecified atom stereocenters. The van der Waals surface area contributed by atoms with E-state index >= 15 is 4.79 Å². The van der Waals surface area contributed by atoms with E-state index in [1.807, 2.05) is 0 Å². The Balaban J connectivity index is 1.78. The van der Waals surface area contributed by atoms with E-state index in [0.717, 1.165) is 14.0 Å². The molecule has 3 fully saturated rings. The molecule has 1 heterocycles. The number of carbonyl (C=O) groups excluding carboxylic acids is 6. The Labute approximate surface area is 355 Å². The van der Waals surface area contributed by atoms with E-state index < -0.39 is 123 Å². The third-order valence-electron chi connectivity index (χ3n) is 13.2. The highest BCUT2D eigenvalue weighted by Crippen LogP contribution is 2.65. The van der Waals surface area contributed by atoms with Crippen LogP contribution in [0.3, 0.4) is 0 Å². The van der Waals surface area contributed by atoms with E-state index in [1.54, 1.807) is 73.6 Å². The van der Waals surface area contributed by atoms with Crippen LogP contribution in [0, 0.1) is 22.2 Å². The minimum Gasteiger partial charge on any atom is -0.455 e. The molecule has 17 heteroatoms. The second-order valence-corrected chi connectivity index (χ2v) is 19.7. The Kier molecular flexibility index (Phi) is 12.4. The second-order valence-electron chi connectivity index (χ2n) is 19.7. The minimum atomic E-state index is -2.46. The standard InChI is InChI=1S/C44H61NO16/c1-22-27-29(57-23(2)46)32(49)42(12)25(47)19-26-43(21-56-26,61-37(53)55-13)30(42)33(58-34(50)24-17-15-14-16-18-24)44(54,40(27,9)10)20-41(22,11)59-35(51)28(48)31(38(3,4)5)45-36(52)60-39(6,7)8/h14-18,25-26,28-31,33,47-48,54H,19-21H2,1-13H3,(H,45,52)/t25?,26-,28-,29-,30?,31-,33?,41-,42-,43+,44-/m1/s1. The number of esters is 3. The van der Waals surface area contributed by atoms with Crippen LogP contribution in [0.4, 0.5) is 9.59 Å². The molecule has 61 heavy (non-hydrogen) atoms. The van der Waals surface area contributed by atoms with E-state index in [0.29, 0.717) is 0 Å². The van der Waals surface area contributed by atoms with Gasteiger partial charge >= 0.3 is 30.2 Å². The number of alkyl carbamates (subject to hydrolysis) is 1. The van der Waals surface area contributed by atoms with Crippen LogP contribution in [-0.2, 0) is 47.5 Å². The van der Waals surface area contributed by atoms with Crippen LogP contribution in [0.15, 0.2) is 41.5 Å². The highest BCUT2D eigenvalue weighted by Gasteiger charge is 2.79. The smallest absolute Gasteiger partial charge is 0.455 e. The number of ketones is 1. The van der Waals surface area contributed by atoms with Gasteiger partial charge in [0.25, 0.3) is 0 Å². The van der Waals surface area contributed by atoms with Crippen molar-refractivity contribution in [1.29, 1.82) is 0 Å². The fourth-order valence-corrected chi connectivity index (χ4v) is 9.79. The summed E-state index contributed by atoms with van der Waals surface area (Å²) >= 11 is 0. The van der Waals surface area contributed by atoms with Gasteiger partial charge in [0.2, 0.25) is 0 Å². The number of Topliss-reactive ketones (excluding diaryl/α,β-unsaturated/α-hetero) is 1. The van der Waals surface area contributed by atoms with E-state index in [2.05, 4.69) is 5.32 Å². The molecule has 5 rings (SSSR count). The molecule has 1 aromatic rings. The van der Waals surface area contributed by atoms with Gasteiger partial charge in [-0.15, -0.1) is 0 Å². The van der Waals surface area contributed by atoms with Crippen molar-refractivity contribution in [3.8, 4) is 0 Å². The Bertz CT molecular complexity index is 1970. The van der Waals surface area contributed by atoms with Gasteiger partial charge in [0, 0.05) is 25.2 Å². The maximum atomic E-state index is 15.6. The largest absolute Gasteiger partial charge is 0.508 e. The quantitative estimate of drug-likeness (QED) is 0.163. The summed E-state index contributed by atoms with van der Waals surface area (Å²) in [6.45, 7) is 18.0. The summed E-state index contributed by atoms with van der Waals surface area (Å²) < 4.78 is 40.6. The highest BCUT2D eigenvalue weighted by molar-refractivity contribution is 5.95. The van der Waals surface area contributed by atoms with Crippen molar-refractivity contribution in [1.82, 2.24) is 5.32 Å². The monoisotopic (exact) mass is 859 g/mol. The van der Waals surface area contributed by atoms with Crippen LogP contribution in [0.5, 0.6) is 0 Å². The number of nitrogens with one attached hydrogen (secondary N) is 1. The van der Waals surface area contributed by atoms with Crippen molar-refractivity contribution in [2.75, 3.05) is 13.7 Å². The van der Waals surface area contributed by atoms with Crippen molar-refractivity contribution in [2.24, 2.45) is 22.2 Å². The zero-order valence-corrected chi connectivity index (χ0v) is 37.2. The molecule has 1 amide bonds. The number of amides is 1. The van der Waals surface area contributed by atoms with Crippen LogP contribution in [0.25, 0.3) is 0 Å². The molecular formula is C44H61NO16. The Morgan fingerprint density at radius 1 is 0.951 bits per heavy atom. The van der Waals surface area contributed by atoms with Gasteiger partial charge < -0.3 is 53.8 Å². The number of aliphatic hydroxyl groups excluding tert-OH is 2. The number of carbonyl (C=O) groups is 6. The molecule has 17 nitrogen and oxygen atoms in total. The lowest BCUT2D eigenvalue weighted by Crippen LogP contribution is -2.82. The van der Waals surface area contributed by atoms with Gasteiger partial charge in [-0.2, -0.15) is 0 Å². The maximum absolute atomic E-state index is 15.6. The number of hydrogen-bond acceptors (Lipinski definition) is 16. The van der Waals surface area contributed by atoms with Crippen molar-refractivity contribution in [2.45, 2.75) is 155 Å². The summed E-state index contributed by atoms with van der Waals surface area (Å²) in [6.07, 6.45) is -11.5. The molecule has 1 saturated heterocycles. The molecule has 4 N–H and O–H groups in total. The predicted octanol–water partition coefficient (Wildman–Crippen LogP) is 4.11. The topological polar surface area (TPSA) is 240 Å². The van der Waals surface area contributed by atoms with Crippen molar-refractivity contribution in [3.05, 3.63) is 47.0 Å². The predicted molar refractivity (Wildman–Crippen MR) is 214 cm³/mol. The van der Waals surface area contributed by atoms with E-state index in [9.17, 15) is 39.3 Å². The second kappa shape index (κ2) is 16.0. The Hall–Kier alpha value is -4.58. The van der Waals surface area contributed by atoms with Gasteiger partial charge in [0.15, 0.2) is 23.6 Å². The first-order chi connectivity index (χ1) is 27.9. The molecule has 1 aliphatic heterocycles. The molecular weight excluding hydrogens is 798 g/mol. The maximum Gasteiger partial charge on any atom is 0.508 e. The zero-order chi connectivity index (χ0) is 46.1. The molecule has 0 radical (unpaired) electrons. The van der Waals surface area contributed by atoms with Crippen LogP contribution >= 0.6 is 0 Å². The van der Waals surface area contributed by atoms with Crippen molar-refractivity contribution in [3.63, 3.8) is 0 Å². The molecule has 2 bridgehead atoms.